The van der Waals surface area contributed by atoms with Crippen LogP contribution in [0.5, 0.6) is 11.5 Å². The maximum Gasteiger partial charge on any atom is 0.286 e. The molecule has 11 heteroatoms. The molecule has 0 fully saturated rings. The highest BCUT2D eigenvalue weighted by Gasteiger charge is 2.20. The molecule has 0 aliphatic carbocycles. The first-order valence-electron chi connectivity index (χ1n) is 7.92. The number of aryl methyl sites for hydroxylation is 1. The Bertz CT molecular complexity index is 998. The Labute approximate surface area is 155 Å². The van der Waals surface area contributed by atoms with Crippen LogP contribution in [0, 0.1) is 0 Å². The number of nitrogens with one attached hydrogen (secondary N) is 3. The van der Waals surface area contributed by atoms with Gasteiger partial charge in [-0.1, -0.05) is 0 Å². The van der Waals surface area contributed by atoms with E-state index in [2.05, 4.69) is 15.6 Å². The van der Waals surface area contributed by atoms with E-state index in [1.165, 1.54) is 43.1 Å². The van der Waals surface area contributed by atoms with E-state index >= 15 is 0 Å². The molecule has 10 nitrogen and oxygen atoms in total. The quantitative estimate of drug-likeness (QED) is 0.615. The van der Waals surface area contributed by atoms with Gasteiger partial charge in [0.1, 0.15) is 23.8 Å². The van der Waals surface area contributed by atoms with Gasteiger partial charge >= 0.3 is 0 Å². The second kappa shape index (κ2) is 7.29. The number of fused-ring (bicyclic) bond motifs is 1. The molecule has 2 aromatic rings. The van der Waals surface area contributed by atoms with Crippen molar-refractivity contribution in [2.24, 2.45) is 7.05 Å². The summed E-state index contributed by atoms with van der Waals surface area (Å²) in [4.78, 5) is 24.4. The van der Waals surface area contributed by atoms with Gasteiger partial charge in [0.15, 0.2) is 11.5 Å². The van der Waals surface area contributed by atoms with Crippen molar-refractivity contribution in [3.63, 3.8) is 0 Å². The number of rotatable bonds is 4. The maximum atomic E-state index is 12.3. The minimum atomic E-state index is -3.68. The molecule has 27 heavy (non-hydrogen) atoms. The van der Waals surface area contributed by atoms with E-state index in [1.54, 1.807) is 6.07 Å². The summed E-state index contributed by atoms with van der Waals surface area (Å²) in [6, 6.07) is 5.86. The highest BCUT2D eigenvalue weighted by Crippen LogP contribution is 2.30. The van der Waals surface area contributed by atoms with Gasteiger partial charge in [-0.2, -0.15) is 0 Å². The van der Waals surface area contributed by atoms with Gasteiger partial charge in [-0.05, 0) is 31.3 Å². The molecule has 0 spiro atoms. The van der Waals surface area contributed by atoms with Gasteiger partial charge < -0.3 is 14.0 Å². The predicted octanol–water partition coefficient (Wildman–Crippen LogP) is -0.221. The molecule has 144 valence electrons. The summed E-state index contributed by atoms with van der Waals surface area (Å²) in [5.41, 5.74) is 4.86. The first-order chi connectivity index (χ1) is 12.8. The summed E-state index contributed by atoms with van der Waals surface area (Å²) in [7, 11) is -0.887. The molecule has 2 heterocycles. The summed E-state index contributed by atoms with van der Waals surface area (Å²) in [6.07, 6.45) is 1.30. The standard InChI is InChI=1S/C16H18N4O6S/c1-17-27(23,24)11-8-12(20(2)9-11)16(22)19-18-15(21)10-3-4-13-14(7-10)26-6-5-25-13/h3-4,7-9,17H,5-6H2,1-2H3,(H,18,21)(H,19,22). The number of aromatic nitrogens is 1. The van der Waals surface area contributed by atoms with Gasteiger partial charge in [-0.25, -0.2) is 13.1 Å². The van der Waals surface area contributed by atoms with Crippen molar-refractivity contribution in [3.8, 4) is 11.5 Å². The van der Waals surface area contributed by atoms with Crippen molar-refractivity contribution in [1.82, 2.24) is 20.1 Å². The van der Waals surface area contributed by atoms with Crippen LogP contribution in [-0.4, -0.2) is 45.1 Å². The molecule has 0 radical (unpaired) electrons. The Morgan fingerprint density at radius 3 is 2.41 bits per heavy atom. The van der Waals surface area contributed by atoms with Gasteiger partial charge in [-0.3, -0.25) is 20.4 Å². The highest BCUT2D eigenvalue weighted by molar-refractivity contribution is 7.89. The van der Waals surface area contributed by atoms with E-state index in [1.807, 2.05) is 0 Å². The molecule has 0 atom stereocenters. The number of nitrogens with zero attached hydrogens (tertiary/aromatic N) is 1. The SMILES string of the molecule is CNS(=O)(=O)c1cc(C(=O)NNC(=O)c2ccc3c(c2)OCCO3)n(C)c1. The number of amides is 2. The van der Waals surface area contributed by atoms with Crippen LogP contribution in [-0.2, 0) is 17.1 Å². The molecule has 0 saturated carbocycles. The minimum Gasteiger partial charge on any atom is -0.486 e. The van der Waals surface area contributed by atoms with E-state index in [9.17, 15) is 18.0 Å². The first-order valence-corrected chi connectivity index (χ1v) is 9.40. The number of carbonyl (C=O) groups excluding carboxylic acids is 2. The Morgan fingerprint density at radius 1 is 1.04 bits per heavy atom. The van der Waals surface area contributed by atoms with Crippen LogP contribution in [0.25, 0.3) is 0 Å². The van der Waals surface area contributed by atoms with Gasteiger partial charge in [0, 0.05) is 18.8 Å². The van der Waals surface area contributed by atoms with E-state index < -0.39 is 21.8 Å². The lowest BCUT2D eigenvalue weighted by molar-refractivity contribution is 0.0841. The molecule has 3 N–H and O–H groups in total. The molecule has 1 aromatic carbocycles. The summed E-state index contributed by atoms with van der Waals surface area (Å²) in [5, 5.41) is 0. The number of hydrogen-bond donors (Lipinski definition) is 3. The van der Waals surface area contributed by atoms with Crippen LogP contribution in [0.3, 0.4) is 0 Å². The molecule has 1 aromatic heterocycles. The zero-order valence-corrected chi connectivity index (χ0v) is 15.4. The Kier molecular flexibility index (Phi) is 5.06. The van der Waals surface area contributed by atoms with Crippen LogP contribution in [0.4, 0.5) is 0 Å². The second-order valence-corrected chi connectivity index (χ2v) is 7.53. The molecule has 3 rings (SSSR count). The van der Waals surface area contributed by atoms with Gasteiger partial charge in [0.2, 0.25) is 10.0 Å². The molecular formula is C16H18N4O6S. The fourth-order valence-corrected chi connectivity index (χ4v) is 3.26. The lowest BCUT2D eigenvalue weighted by Gasteiger charge is -2.18. The summed E-state index contributed by atoms with van der Waals surface area (Å²) < 4.78 is 37.9. The zero-order chi connectivity index (χ0) is 19.6. The third kappa shape index (κ3) is 3.88. The van der Waals surface area contributed by atoms with E-state index in [4.69, 9.17) is 9.47 Å². The van der Waals surface area contributed by atoms with Crippen LogP contribution >= 0.6 is 0 Å². The zero-order valence-electron chi connectivity index (χ0n) is 14.6. The first kappa shape index (κ1) is 18.7. The monoisotopic (exact) mass is 394 g/mol. The fourth-order valence-electron chi connectivity index (χ4n) is 2.46. The molecule has 0 bridgehead atoms. The number of benzene rings is 1. The van der Waals surface area contributed by atoms with Crippen molar-refractivity contribution >= 4 is 21.8 Å². The second-order valence-electron chi connectivity index (χ2n) is 5.65. The fraction of sp³-hybridized carbons (Fsp3) is 0.250. The average Bonchev–Trinajstić information content (AvgIpc) is 3.08. The maximum absolute atomic E-state index is 12.3. The number of ether oxygens (including phenoxy) is 2. The molecule has 2 amide bonds. The highest BCUT2D eigenvalue weighted by atomic mass is 32.2. The van der Waals surface area contributed by atoms with Crippen LogP contribution in [0.15, 0.2) is 35.4 Å². The van der Waals surface area contributed by atoms with E-state index in [-0.39, 0.29) is 16.2 Å². The lowest BCUT2D eigenvalue weighted by Crippen LogP contribution is -2.42. The third-order valence-corrected chi connectivity index (χ3v) is 5.27. The van der Waals surface area contributed by atoms with E-state index in [0.29, 0.717) is 24.7 Å². The van der Waals surface area contributed by atoms with Crippen LogP contribution in [0.1, 0.15) is 20.8 Å². The van der Waals surface area contributed by atoms with Gasteiger partial charge in [-0.15, -0.1) is 0 Å². The Hall–Kier alpha value is -3.05. The summed E-state index contributed by atoms with van der Waals surface area (Å²) >= 11 is 0. The van der Waals surface area contributed by atoms with Crippen LogP contribution < -0.4 is 25.0 Å². The number of sulfonamides is 1. The molecule has 1 aliphatic heterocycles. The van der Waals surface area contributed by atoms with Gasteiger partial charge in [0.05, 0.1) is 0 Å². The van der Waals surface area contributed by atoms with Gasteiger partial charge in [0.25, 0.3) is 11.8 Å². The van der Waals surface area contributed by atoms with E-state index in [0.717, 1.165) is 0 Å². The molecule has 1 aliphatic rings. The molecule has 0 saturated heterocycles. The van der Waals surface area contributed by atoms with Crippen molar-refractivity contribution in [1.29, 1.82) is 0 Å². The Balaban J connectivity index is 1.68. The number of carbonyl (C=O) groups is 2. The van der Waals surface area contributed by atoms with Crippen LogP contribution in [0.2, 0.25) is 0 Å². The number of hydrazine groups is 1. The molecule has 0 unspecified atom stereocenters. The van der Waals surface area contributed by atoms with Crippen molar-refractivity contribution in [2.75, 3.05) is 20.3 Å². The third-order valence-electron chi connectivity index (χ3n) is 3.89. The average molecular weight is 394 g/mol. The number of hydrogen-bond acceptors (Lipinski definition) is 6. The van der Waals surface area contributed by atoms with Crippen molar-refractivity contribution < 1.29 is 27.5 Å². The normalized spacial score (nSPS) is 13.1. The summed E-state index contributed by atoms with van der Waals surface area (Å²) in [6.45, 7) is 0.830. The summed E-state index contributed by atoms with van der Waals surface area (Å²) in [5.74, 6) is -0.230. The van der Waals surface area contributed by atoms with Crippen molar-refractivity contribution in [3.05, 3.63) is 41.7 Å². The Morgan fingerprint density at radius 2 is 1.70 bits per heavy atom. The lowest BCUT2D eigenvalue weighted by atomic mass is 10.2. The topological polar surface area (TPSA) is 128 Å². The largest absolute Gasteiger partial charge is 0.486 e. The van der Waals surface area contributed by atoms with Crippen molar-refractivity contribution in [2.45, 2.75) is 4.90 Å². The minimum absolute atomic E-state index is 0.0594. The molecular weight excluding hydrogens is 376 g/mol. The smallest absolute Gasteiger partial charge is 0.286 e. The predicted molar refractivity (Wildman–Crippen MR) is 94.0 cm³/mol.